The van der Waals surface area contributed by atoms with Gasteiger partial charge in [-0.05, 0) is 38.7 Å². The van der Waals surface area contributed by atoms with Crippen LogP contribution in [-0.2, 0) is 17.8 Å². The summed E-state index contributed by atoms with van der Waals surface area (Å²) in [4.78, 5) is 40.5. The fourth-order valence-corrected chi connectivity index (χ4v) is 4.84. The van der Waals surface area contributed by atoms with E-state index in [1.54, 1.807) is 0 Å². The Bertz CT molecular complexity index is 1230. The minimum absolute atomic E-state index is 0.000914. The Labute approximate surface area is 207 Å². The summed E-state index contributed by atoms with van der Waals surface area (Å²) < 4.78 is 27.1. The molecule has 0 unspecified atom stereocenters. The Balaban J connectivity index is 1.37. The van der Waals surface area contributed by atoms with Crippen molar-refractivity contribution in [3.05, 3.63) is 57.3 Å². The molecule has 192 valence electrons. The zero-order valence-corrected chi connectivity index (χ0v) is 20.2. The molecular formula is C26H30FN3O6. The van der Waals surface area contributed by atoms with Crippen molar-refractivity contribution in [3.8, 4) is 11.5 Å². The molecule has 2 amide bonds. The molecule has 5 rings (SSSR count). The number of benzene rings is 1. The third-order valence-electron chi connectivity index (χ3n) is 6.94. The van der Waals surface area contributed by atoms with Crippen LogP contribution in [0.2, 0.25) is 0 Å². The first-order valence-electron chi connectivity index (χ1n) is 12.5. The molecule has 1 aliphatic heterocycles. The second kappa shape index (κ2) is 9.93. The highest BCUT2D eigenvalue weighted by atomic mass is 19.1. The van der Waals surface area contributed by atoms with Gasteiger partial charge < -0.3 is 29.4 Å². The lowest BCUT2D eigenvalue weighted by molar-refractivity contribution is -0.0953. The number of likely N-dealkylation sites (N-methyl/N-ethyl adjacent to an activating group) is 1. The Morgan fingerprint density at radius 1 is 1.17 bits per heavy atom. The first-order valence-corrected chi connectivity index (χ1v) is 12.5. The summed E-state index contributed by atoms with van der Waals surface area (Å²) in [7, 11) is 0. The van der Waals surface area contributed by atoms with Crippen LogP contribution in [0.15, 0.2) is 29.2 Å². The van der Waals surface area contributed by atoms with Gasteiger partial charge in [0.1, 0.15) is 17.1 Å². The van der Waals surface area contributed by atoms with Crippen LogP contribution < -0.4 is 15.5 Å². The van der Waals surface area contributed by atoms with Crippen LogP contribution in [-0.4, -0.2) is 51.4 Å². The Hall–Kier alpha value is -3.40. The van der Waals surface area contributed by atoms with Crippen LogP contribution in [0, 0.1) is 5.82 Å². The largest absolute Gasteiger partial charge is 0.503 e. The number of hydrogen-bond donors (Lipinski definition) is 2. The summed E-state index contributed by atoms with van der Waals surface area (Å²) in [5.41, 5.74) is -0.798. The number of carbonyl (C=O) groups is 2. The van der Waals surface area contributed by atoms with Crippen LogP contribution in [0.25, 0.3) is 0 Å². The standard InChI is InChI=1S/C26H30FN3O6/c1-2-30-21(36-17-5-3-4-6-17)14-29-13-19(23(31)24(32)22(29)26(30)34)25(33)28-12-15-7-8-16(27)11-20(15)35-18-9-10-18/h7-8,11,13,17-18,21,32H,2-6,9-10,12,14H2,1H3,(H,28,33)/t21-/m0/s1. The van der Waals surface area contributed by atoms with Gasteiger partial charge in [-0.3, -0.25) is 14.4 Å². The normalized spacial score (nSPS) is 19.9. The highest BCUT2D eigenvalue weighted by Crippen LogP contribution is 2.30. The van der Waals surface area contributed by atoms with E-state index < -0.39 is 35.0 Å². The average molecular weight is 500 g/mol. The van der Waals surface area contributed by atoms with Crippen molar-refractivity contribution in [1.29, 1.82) is 0 Å². The van der Waals surface area contributed by atoms with Gasteiger partial charge in [0.25, 0.3) is 11.8 Å². The maximum absolute atomic E-state index is 13.7. The van der Waals surface area contributed by atoms with E-state index in [1.165, 1.54) is 33.9 Å². The summed E-state index contributed by atoms with van der Waals surface area (Å²) in [5, 5.41) is 13.3. The zero-order chi connectivity index (χ0) is 25.4. The number of halogens is 1. The van der Waals surface area contributed by atoms with E-state index in [0.29, 0.717) is 17.9 Å². The van der Waals surface area contributed by atoms with Crippen molar-refractivity contribution in [1.82, 2.24) is 14.8 Å². The molecule has 2 heterocycles. The molecule has 36 heavy (non-hydrogen) atoms. The van der Waals surface area contributed by atoms with Gasteiger partial charge in [0.05, 0.1) is 18.8 Å². The number of nitrogens with one attached hydrogen (secondary N) is 1. The monoisotopic (exact) mass is 499 g/mol. The van der Waals surface area contributed by atoms with Gasteiger partial charge in [-0.1, -0.05) is 18.9 Å². The first kappa shape index (κ1) is 24.3. The van der Waals surface area contributed by atoms with Crippen LogP contribution in [0.4, 0.5) is 4.39 Å². The number of amides is 2. The fraction of sp³-hybridized carbons (Fsp3) is 0.500. The molecule has 10 heteroatoms. The molecule has 1 aromatic carbocycles. The average Bonchev–Trinajstić information content (AvgIpc) is 3.52. The summed E-state index contributed by atoms with van der Waals surface area (Å²) in [6, 6.07) is 4.07. The molecule has 0 saturated heterocycles. The van der Waals surface area contributed by atoms with E-state index in [4.69, 9.17) is 9.47 Å². The molecule has 2 N–H and O–H groups in total. The van der Waals surface area contributed by atoms with Crippen molar-refractivity contribution in [2.24, 2.45) is 0 Å². The molecule has 0 bridgehead atoms. The smallest absolute Gasteiger partial charge is 0.276 e. The number of nitrogens with zero attached hydrogens (tertiary/aromatic N) is 2. The number of hydrogen-bond acceptors (Lipinski definition) is 6. The predicted octanol–water partition coefficient (Wildman–Crippen LogP) is 2.93. The zero-order valence-electron chi connectivity index (χ0n) is 20.2. The molecule has 1 atom stereocenters. The molecule has 9 nitrogen and oxygen atoms in total. The van der Waals surface area contributed by atoms with Crippen molar-refractivity contribution in [3.63, 3.8) is 0 Å². The molecule has 2 aromatic rings. The van der Waals surface area contributed by atoms with E-state index >= 15 is 0 Å². The summed E-state index contributed by atoms with van der Waals surface area (Å²) >= 11 is 0. The summed E-state index contributed by atoms with van der Waals surface area (Å²) in [5.74, 6) is -2.09. The van der Waals surface area contributed by atoms with E-state index in [1.807, 2.05) is 6.92 Å². The Kier molecular flexibility index (Phi) is 6.70. The summed E-state index contributed by atoms with van der Waals surface area (Å²) in [6.45, 7) is 2.36. The minimum atomic E-state index is -0.924. The van der Waals surface area contributed by atoms with E-state index in [9.17, 15) is 23.9 Å². The topological polar surface area (TPSA) is 110 Å². The van der Waals surface area contributed by atoms with Gasteiger partial charge in [0.2, 0.25) is 5.43 Å². The van der Waals surface area contributed by atoms with E-state index in [0.717, 1.165) is 38.5 Å². The molecular weight excluding hydrogens is 469 g/mol. The van der Waals surface area contributed by atoms with Gasteiger partial charge >= 0.3 is 0 Å². The van der Waals surface area contributed by atoms with Gasteiger partial charge in [0.15, 0.2) is 17.7 Å². The lowest BCUT2D eigenvalue weighted by Gasteiger charge is -2.38. The molecule has 3 aliphatic rings. The molecule has 2 aliphatic carbocycles. The number of aromatic nitrogens is 1. The van der Waals surface area contributed by atoms with Crippen molar-refractivity contribution in [2.75, 3.05) is 6.54 Å². The number of fused-ring (bicyclic) bond motifs is 1. The number of aromatic hydroxyl groups is 1. The van der Waals surface area contributed by atoms with Gasteiger partial charge in [-0.25, -0.2) is 4.39 Å². The highest BCUT2D eigenvalue weighted by Gasteiger charge is 2.37. The number of ether oxygens (including phenoxy) is 2. The molecule has 0 radical (unpaired) electrons. The lowest BCUT2D eigenvalue weighted by atomic mass is 10.1. The van der Waals surface area contributed by atoms with Gasteiger partial charge in [-0.2, -0.15) is 0 Å². The first-order chi connectivity index (χ1) is 17.4. The summed E-state index contributed by atoms with van der Waals surface area (Å²) in [6.07, 6.45) is 6.63. The van der Waals surface area contributed by atoms with Crippen molar-refractivity contribution < 1.29 is 28.6 Å². The third-order valence-corrected chi connectivity index (χ3v) is 6.94. The SMILES string of the molecule is CCN1C(=O)c2c(O)c(=O)c(C(=O)NCc3ccc(F)cc3OC3CC3)cn2C[C@@H]1OC1CCCC1. The fourth-order valence-electron chi connectivity index (χ4n) is 4.84. The molecule has 2 fully saturated rings. The van der Waals surface area contributed by atoms with Gasteiger partial charge in [0, 0.05) is 30.9 Å². The van der Waals surface area contributed by atoms with Crippen molar-refractivity contribution in [2.45, 2.75) is 77.0 Å². The highest BCUT2D eigenvalue weighted by molar-refractivity contribution is 5.99. The maximum atomic E-state index is 13.7. The maximum Gasteiger partial charge on any atom is 0.276 e. The minimum Gasteiger partial charge on any atom is -0.503 e. The van der Waals surface area contributed by atoms with Gasteiger partial charge in [-0.15, -0.1) is 0 Å². The lowest BCUT2D eigenvalue weighted by Crippen LogP contribution is -2.51. The molecule has 2 saturated carbocycles. The number of carbonyl (C=O) groups excluding carboxylic acids is 2. The number of pyridine rings is 1. The predicted molar refractivity (Wildman–Crippen MR) is 127 cm³/mol. The van der Waals surface area contributed by atoms with E-state index in [2.05, 4.69) is 5.32 Å². The Morgan fingerprint density at radius 3 is 2.61 bits per heavy atom. The molecule has 0 spiro atoms. The third kappa shape index (κ3) is 4.82. The Morgan fingerprint density at radius 2 is 1.92 bits per heavy atom. The van der Waals surface area contributed by atoms with Crippen LogP contribution in [0.1, 0.15) is 71.9 Å². The van der Waals surface area contributed by atoms with Crippen LogP contribution >= 0.6 is 0 Å². The van der Waals surface area contributed by atoms with Crippen LogP contribution in [0.5, 0.6) is 11.5 Å². The second-order valence-corrected chi connectivity index (χ2v) is 9.56. The van der Waals surface area contributed by atoms with Crippen LogP contribution in [0.3, 0.4) is 0 Å². The quantitative estimate of drug-likeness (QED) is 0.578. The van der Waals surface area contributed by atoms with E-state index in [-0.39, 0.29) is 36.6 Å². The second-order valence-electron chi connectivity index (χ2n) is 9.56. The van der Waals surface area contributed by atoms with Crippen molar-refractivity contribution >= 4 is 11.8 Å². The molecule has 1 aromatic heterocycles. The number of rotatable bonds is 8.